The Bertz CT molecular complexity index is 400. The summed E-state index contributed by atoms with van der Waals surface area (Å²) in [6, 6.07) is 6.91. The molecule has 4 nitrogen and oxygen atoms in total. The lowest BCUT2D eigenvalue weighted by molar-refractivity contribution is -0.385. The lowest BCUT2D eigenvalue weighted by Crippen LogP contribution is -2.47. The third kappa shape index (κ3) is 2.22. The third-order valence-electron chi connectivity index (χ3n) is 3.35. The van der Waals surface area contributed by atoms with E-state index in [9.17, 15) is 10.1 Å². The minimum Gasteiger partial charge on any atom is -0.307 e. The molecule has 86 valence electrons. The minimum atomic E-state index is -0.319. The highest BCUT2D eigenvalue weighted by atomic mass is 16.6. The molecular weight excluding hydrogens is 204 g/mol. The number of hydrogen-bond acceptors (Lipinski definition) is 3. The zero-order chi connectivity index (χ0) is 11.6. The standard InChI is InChI=1S/C12H16N2O2/c1-12(7-4-8-12)13-9-10-5-2-3-6-11(10)14(15)16/h2-3,5-6,13H,4,7-9H2,1H3. The molecule has 1 aromatic rings. The average molecular weight is 220 g/mol. The van der Waals surface area contributed by atoms with Crippen molar-refractivity contribution in [3.63, 3.8) is 0 Å². The lowest BCUT2D eigenvalue weighted by atomic mass is 9.78. The number of hydrogen-bond donors (Lipinski definition) is 1. The molecule has 1 aliphatic carbocycles. The van der Waals surface area contributed by atoms with Gasteiger partial charge in [-0.1, -0.05) is 18.2 Å². The number of nitrogens with zero attached hydrogens (tertiary/aromatic N) is 1. The second kappa shape index (κ2) is 4.22. The maximum atomic E-state index is 10.8. The summed E-state index contributed by atoms with van der Waals surface area (Å²) in [6.07, 6.45) is 3.57. The summed E-state index contributed by atoms with van der Waals surface area (Å²) in [5, 5.41) is 14.2. The van der Waals surface area contributed by atoms with E-state index in [-0.39, 0.29) is 16.1 Å². The van der Waals surface area contributed by atoms with Crippen LogP contribution in [0.5, 0.6) is 0 Å². The van der Waals surface area contributed by atoms with E-state index in [1.165, 1.54) is 6.42 Å². The van der Waals surface area contributed by atoms with E-state index in [1.807, 2.05) is 12.1 Å². The molecule has 0 atom stereocenters. The molecule has 0 spiro atoms. The van der Waals surface area contributed by atoms with Gasteiger partial charge in [-0.3, -0.25) is 10.1 Å². The first-order valence-electron chi connectivity index (χ1n) is 5.58. The van der Waals surface area contributed by atoms with Gasteiger partial charge in [0.15, 0.2) is 0 Å². The Hall–Kier alpha value is -1.42. The van der Waals surface area contributed by atoms with Crippen LogP contribution in [0.1, 0.15) is 31.7 Å². The van der Waals surface area contributed by atoms with Crippen LogP contribution in [0.4, 0.5) is 5.69 Å². The molecule has 0 bridgehead atoms. The molecule has 2 rings (SSSR count). The van der Waals surface area contributed by atoms with Gasteiger partial charge < -0.3 is 5.32 Å². The average Bonchev–Trinajstić information content (AvgIpc) is 2.24. The summed E-state index contributed by atoms with van der Waals surface area (Å²) in [4.78, 5) is 10.5. The molecule has 0 aromatic heterocycles. The largest absolute Gasteiger partial charge is 0.307 e. The summed E-state index contributed by atoms with van der Waals surface area (Å²) in [5.41, 5.74) is 1.16. The van der Waals surface area contributed by atoms with Gasteiger partial charge in [0.05, 0.1) is 4.92 Å². The quantitative estimate of drug-likeness (QED) is 0.626. The Morgan fingerprint density at radius 3 is 2.69 bits per heavy atom. The Morgan fingerprint density at radius 2 is 2.12 bits per heavy atom. The Morgan fingerprint density at radius 1 is 1.44 bits per heavy atom. The van der Waals surface area contributed by atoms with Crippen LogP contribution in [0.25, 0.3) is 0 Å². The summed E-state index contributed by atoms with van der Waals surface area (Å²) in [7, 11) is 0. The number of nitrogens with one attached hydrogen (secondary N) is 1. The van der Waals surface area contributed by atoms with Gasteiger partial charge in [-0.2, -0.15) is 0 Å². The molecule has 1 aliphatic rings. The van der Waals surface area contributed by atoms with Crippen molar-refractivity contribution in [3.8, 4) is 0 Å². The van der Waals surface area contributed by atoms with Gasteiger partial charge in [-0.25, -0.2) is 0 Å². The van der Waals surface area contributed by atoms with Gasteiger partial charge in [0.25, 0.3) is 5.69 Å². The van der Waals surface area contributed by atoms with Gasteiger partial charge in [-0.15, -0.1) is 0 Å². The SMILES string of the molecule is CC1(NCc2ccccc2[N+](=O)[O-])CCC1. The fraction of sp³-hybridized carbons (Fsp3) is 0.500. The predicted octanol–water partition coefficient (Wildman–Crippen LogP) is 2.63. The first-order valence-corrected chi connectivity index (χ1v) is 5.58. The van der Waals surface area contributed by atoms with Gasteiger partial charge in [-0.05, 0) is 26.2 Å². The van der Waals surface area contributed by atoms with Gasteiger partial charge in [0, 0.05) is 23.7 Å². The fourth-order valence-corrected chi connectivity index (χ4v) is 2.03. The summed E-state index contributed by atoms with van der Waals surface area (Å²) < 4.78 is 0. The molecule has 0 amide bonds. The topological polar surface area (TPSA) is 55.2 Å². The summed E-state index contributed by atoms with van der Waals surface area (Å²) >= 11 is 0. The van der Waals surface area contributed by atoms with E-state index in [1.54, 1.807) is 12.1 Å². The van der Waals surface area contributed by atoms with Crippen LogP contribution in [-0.2, 0) is 6.54 Å². The van der Waals surface area contributed by atoms with E-state index in [4.69, 9.17) is 0 Å². The van der Waals surface area contributed by atoms with Crippen molar-refractivity contribution in [1.82, 2.24) is 5.32 Å². The van der Waals surface area contributed by atoms with Crippen LogP contribution in [0, 0.1) is 10.1 Å². The maximum absolute atomic E-state index is 10.8. The van der Waals surface area contributed by atoms with Crippen molar-refractivity contribution < 1.29 is 4.92 Å². The maximum Gasteiger partial charge on any atom is 0.273 e. The molecule has 0 saturated heterocycles. The summed E-state index contributed by atoms with van der Waals surface area (Å²) in [6.45, 7) is 2.75. The predicted molar refractivity (Wildman–Crippen MR) is 62.2 cm³/mol. The Balaban J connectivity index is 2.06. The van der Waals surface area contributed by atoms with Crippen molar-refractivity contribution in [2.75, 3.05) is 0 Å². The highest BCUT2D eigenvalue weighted by molar-refractivity contribution is 5.39. The highest BCUT2D eigenvalue weighted by Crippen LogP contribution is 2.31. The number of rotatable bonds is 4. The van der Waals surface area contributed by atoms with Crippen LogP contribution in [-0.4, -0.2) is 10.5 Å². The molecule has 0 heterocycles. The first-order chi connectivity index (χ1) is 7.61. The zero-order valence-corrected chi connectivity index (χ0v) is 9.40. The number of para-hydroxylation sites is 1. The molecule has 16 heavy (non-hydrogen) atoms. The monoisotopic (exact) mass is 220 g/mol. The van der Waals surface area contributed by atoms with Gasteiger partial charge >= 0.3 is 0 Å². The molecule has 0 aliphatic heterocycles. The van der Waals surface area contributed by atoms with Crippen molar-refractivity contribution >= 4 is 5.69 Å². The Labute approximate surface area is 94.8 Å². The third-order valence-corrected chi connectivity index (χ3v) is 3.35. The normalized spacial score (nSPS) is 17.8. The van der Waals surface area contributed by atoms with Gasteiger partial charge in [0.2, 0.25) is 0 Å². The molecule has 1 N–H and O–H groups in total. The van der Waals surface area contributed by atoms with Gasteiger partial charge in [0.1, 0.15) is 0 Å². The molecule has 0 unspecified atom stereocenters. The highest BCUT2D eigenvalue weighted by Gasteiger charge is 2.31. The first kappa shape index (κ1) is 11.1. The molecule has 1 fully saturated rings. The van der Waals surface area contributed by atoms with Crippen LogP contribution < -0.4 is 5.32 Å². The fourth-order valence-electron chi connectivity index (χ4n) is 2.03. The zero-order valence-electron chi connectivity index (χ0n) is 9.40. The molecule has 1 aromatic carbocycles. The van der Waals surface area contributed by atoms with Crippen molar-refractivity contribution in [2.24, 2.45) is 0 Å². The van der Waals surface area contributed by atoms with E-state index in [0.29, 0.717) is 6.54 Å². The van der Waals surface area contributed by atoms with Crippen LogP contribution in [0.2, 0.25) is 0 Å². The number of nitro benzene ring substituents is 1. The molecule has 4 heteroatoms. The minimum absolute atomic E-state index is 0.184. The molecule has 1 saturated carbocycles. The number of nitro groups is 1. The summed E-state index contributed by atoms with van der Waals surface area (Å²) in [5.74, 6) is 0. The molecular formula is C12H16N2O2. The second-order valence-corrected chi connectivity index (χ2v) is 4.65. The second-order valence-electron chi connectivity index (χ2n) is 4.65. The van der Waals surface area contributed by atoms with E-state index in [2.05, 4.69) is 12.2 Å². The number of benzene rings is 1. The smallest absolute Gasteiger partial charge is 0.273 e. The van der Waals surface area contributed by atoms with E-state index in [0.717, 1.165) is 18.4 Å². The van der Waals surface area contributed by atoms with Crippen molar-refractivity contribution in [2.45, 2.75) is 38.3 Å². The Kier molecular flexibility index (Phi) is 2.92. The van der Waals surface area contributed by atoms with Crippen molar-refractivity contribution in [1.29, 1.82) is 0 Å². The van der Waals surface area contributed by atoms with Crippen LogP contribution in [0.3, 0.4) is 0 Å². The van der Waals surface area contributed by atoms with Crippen LogP contribution in [0.15, 0.2) is 24.3 Å². The molecule has 0 radical (unpaired) electrons. The van der Waals surface area contributed by atoms with E-state index < -0.39 is 0 Å². The lowest BCUT2D eigenvalue weighted by Gasteiger charge is -2.39. The van der Waals surface area contributed by atoms with Crippen LogP contribution >= 0.6 is 0 Å². The van der Waals surface area contributed by atoms with E-state index >= 15 is 0 Å². The van der Waals surface area contributed by atoms with Crippen molar-refractivity contribution in [3.05, 3.63) is 39.9 Å².